The third-order valence-corrected chi connectivity index (χ3v) is 5.49. The van der Waals surface area contributed by atoms with Crippen molar-refractivity contribution in [1.29, 1.82) is 0 Å². The summed E-state index contributed by atoms with van der Waals surface area (Å²) in [6, 6.07) is 16.6. The van der Waals surface area contributed by atoms with Crippen molar-refractivity contribution in [3.63, 3.8) is 0 Å². The second kappa shape index (κ2) is 7.75. The van der Waals surface area contributed by atoms with Crippen LogP contribution in [0.5, 0.6) is 0 Å². The molecule has 3 aromatic carbocycles. The van der Waals surface area contributed by atoms with Crippen molar-refractivity contribution in [3.05, 3.63) is 81.9 Å². The minimum atomic E-state index is -4.15. The molecule has 9 heteroatoms. The van der Waals surface area contributed by atoms with E-state index in [4.69, 9.17) is 0 Å². The van der Waals surface area contributed by atoms with Crippen LogP contribution in [0.25, 0.3) is 10.8 Å². The van der Waals surface area contributed by atoms with Crippen molar-refractivity contribution in [3.8, 4) is 0 Å². The smallest absolute Gasteiger partial charge is 0.273 e. The van der Waals surface area contributed by atoms with Gasteiger partial charge in [-0.1, -0.05) is 48.5 Å². The van der Waals surface area contributed by atoms with Gasteiger partial charge in [-0.25, -0.2) is 8.42 Å². The number of hydrazine groups is 1. The van der Waals surface area contributed by atoms with Crippen LogP contribution in [0.1, 0.15) is 11.1 Å². The maximum atomic E-state index is 12.3. The lowest BCUT2D eigenvalue weighted by molar-refractivity contribution is -0.385. The number of hydrogen-bond acceptors (Lipinski definition) is 5. The van der Waals surface area contributed by atoms with Gasteiger partial charge >= 0.3 is 0 Å². The standard InChI is InChI=1S/C19H17N3O5S/c1-13-9-10-16(12-18(13)22(24)25)28(26,27)21-20-19(23)11-15-7-4-6-14-5-2-3-8-17(14)15/h2-10,12,21H,11H2,1H3,(H,20,23). The third kappa shape index (κ3) is 4.16. The summed E-state index contributed by atoms with van der Waals surface area (Å²) in [6.07, 6.45) is -0.0298. The summed E-state index contributed by atoms with van der Waals surface area (Å²) in [5.74, 6) is -0.554. The van der Waals surface area contributed by atoms with Crippen LogP contribution in [0.3, 0.4) is 0 Å². The van der Waals surface area contributed by atoms with Crippen molar-refractivity contribution in [1.82, 2.24) is 10.3 Å². The highest BCUT2D eigenvalue weighted by Gasteiger charge is 2.20. The highest BCUT2D eigenvalue weighted by molar-refractivity contribution is 7.89. The zero-order valence-corrected chi connectivity index (χ0v) is 15.7. The number of rotatable bonds is 6. The van der Waals surface area contributed by atoms with Crippen molar-refractivity contribution >= 4 is 32.4 Å². The number of sulfonamides is 1. The van der Waals surface area contributed by atoms with Gasteiger partial charge in [0, 0.05) is 11.6 Å². The molecule has 3 aromatic rings. The highest BCUT2D eigenvalue weighted by Crippen LogP contribution is 2.22. The van der Waals surface area contributed by atoms with E-state index in [1.807, 2.05) is 41.2 Å². The third-order valence-electron chi connectivity index (χ3n) is 4.24. The van der Waals surface area contributed by atoms with Crippen LogP contribution in [0.15, 0.2) is 65.6 Å². The minimum Gasteiger partial charge on any atom is -0.277 e. The molecular formula is C19H17N3O5S. The number of benzene rings is 3. The summed E-state index contributed by atoms with van der Waals surface area (Å²) in [7, 11) is -4.15. The minimum absolute atomic E-state index is 0.0298. The van der Waals surface area contributed by atoms with Crippen molar-refractivity contribution < 1.29 is 18.1 Å². The summed E-state index contributed by atoms with van der Waals surface area (Å²) in [5, 5.41) is 12.9. The van der Waals surface area contributed by atoms with Crippen LogP contribution in [-0.2, 0) is 21.2 Å². The Balaban J connectivity index is 1.73. The molecule has 2 N–H and O–H groups in total. The Bertz CT molecular complexity index is 1170. The maximum Gasteiger partial charge on any atom is 0.273 e. The molecule has 0 spiro atoms. The van der Waals surface area contributed by atoms with Gasteiger partial charge in [-0.3, -0.25) is 20.3 Å². The average Bonchev–Trinajstić information content (AvgIpc) is 2.67. The molecule has 28 heavy (non-hydrogen) atoms. The highest BCUT2D eigenvalue weighted by atomic mass is 32.2. The number of nitrogens with one attached hydrogen (secondary N) is 2. The van der Waals surface area contributed by atoms with Gasteiger partial charge in [0.15, 0.2) is 0 Å². The molecule has 0 radical (unpaired) electrons. The lowest BCUT2D eigenvalue weighted by Gasteiger charge is -2.10. The molecule has 0 fully saturated rings. The van der Waals surface area contributed by atoms with E-state index in [-0.39, 0.29) is 17.0 Å². The van der Waals surface area contributed by atoms with Crippen molar-refractivity contribution in [2.45, 2.75) is 18.2 Å². The number of nitrogens with zero attached hydrogens (tertiary/aromatic N) is 1. The Morgan fingerprint density at radius 1 is 1.07 bits per heavy atom. The van der Waals surface area contributed by atoms with E-state index in [0.29, 0.717) is 5.56 Å². The van der Waals surface area contributed by atoms with Crippen LogP contribution in [0, 0.1) is 17.0 Å². The van der Waals surface area contributed by atoms with Crippen LogP contribution >= 0.6 is 0 Å². The molecule has 0 saturated carbocycles. The van der Waals surface area contributed by atoms with Gasteiger partial charge in [0.25, 0.3) is 15.7 Å². The summed E-state index contributed by atoms with van der Waals surface area (Å²) in [6.45, 7) is 1.51. The maximum absolute atomic E-state index is 12.3. The average molecular weight is 399 g/mol. The van der Waals surface area contributed by atoms with Crippen LogP contribution in [-0.4, -0.2) is 19.2 Å². The molecule has 144 valence electrons. The number of carbonyl (C=O) groups is 1. The number of aryl methyl sites for hydroxylation is 1. The van der Waals surface area contributed by atoms with Gasteiger partial charge < -0.3 is 0 Å². The second-order valence-corrected chi connectivity index (χ2v) is 7.86. The monoisotopic (exact) mass is 399 g/mol. The van der Waals surface area contributed by atoms with Crippen molar-refractivity contribution in [2.75, 3.05) is 0 Å². The Labute approximate surface area is 161 Å². The number of nitro groups is 1. The number of amides is 1. The quantitative estimate of drug-likeness (QED) is 0.488. The molecule has 8 nitrogen and oxygen atoms in total. The Kier molecular flexibility index (Phi) is 5.39. The molecule has 0 bridgehead atoms. The number of hydrogen-bond donors (Lipinski definition) is 2. The van der Waals surface area contributed by atoms with E-state index in [1.165, 1.54) is 19.1 Å². The van der Waals surface area contributed by atoms with Crippen molar-refractivity contribution in [2.24, 2.45) is 0 Å². The second-order valence-electron chi connectivity index (χ2n) is 6.17. The summed E-state index contributed by atoms with van der Waals surface area (Å²) in [4.78, 5) is 24.2. The predicted molar refractivity (Wildman–Crippen MR) is 104 cm³/mol. The molecule has 0 aliphatic rings. The zero-order valence-electron chi connectivity index (χ0n) is 14.9. The van der Waals surface area contributed by atoms with Crippen LogP contribution in [0.4, 0.5) is 5.69 Å². The predicted octanol–water partition coefficient (Wildman–Crippen LogP) is 2.61. The van der Waals surface area contributed by atoms with Gasteiger partial charge in [0.2, 0.25) is 5.91 Å². The van der Waals surface area contributed by atoms with E-state index in [9.17, 15) is 23.3 Å². The van der Waals surface area contributed by atoms with E-state index < -0.39 is 20.9 Å². The molecule has 0 heterocycles. The number of carbonyl (C=O) groups excluding carboxylic acids is 1. The fourth-order valence-electron chi connectivity index (χ4n) is 2.80. The fraction of sp³-hybridized carbons (Fsp3) is 0.105. The molecule has 0 aliphatic carbocycles. The first-order valence-electron chi connectivity index (χ1n) is 8.30. The largest absolute Gasteiger partial charge is 0.277 e. The summed E-state index contributed by atoms with van der Waals surface area (Å²) < 4.78 is 24.7. The lowest BCUT2D eigenvalue weighted by Crippen LogP contribution is -2.42. The van der Waals surface area contributed by atoms with Gasteiger partial charge in [-0.2, -0.15) is 0 Å². The molecule has 1 amide bonds. The lowest BCUT2D eigenvalue weighted by atomic mass is 10.0. The Hall–Kier alpha value is -3.30. The zero-order chi connectivity index (χ0) is 20.3. The fourth-order valence-corrected chi connectivity index (χ4v) is 3.68. The molecule has 0 saturated heterocycles. The molecule has 0 aliphatic heterocycles. The Morgan fingerprint density at radius 2 is 1.79 bits per heavy atom. The molecule has 0 aromatic heterocycles. The molecule has 0 atom stereocenters. The molecular weight excluding hydrogens is 382 g/mol. The Morgan fingerprint density at radius 3 is 2.54 bits per heavy atom. The number of fused-ring (bicyclic) bond motifs is 1. The van der Waals surface area contributed by atoms with E-state index >= 15 is 0 Å². The first-order valence-corrected chi connectivity index (χ1v) is 9.78. The summed E-state index contributed by atoms with van der Waals surface area (Å²) >= 11 is 0. The van der Waals surface area contributed by atoms with Gasteiger partial charge in [-0.15, -0.1) is 4.83 Å². The van der Waals surface area contributed by atoms with Gasteiger partial charge in [0.05, 0.1) is 16.2 Å². The first-order chi connectivity index (χ1) is 13.3. The summed E-state index contributed by atoms with van der Waals surface area (Å²) in [5.41, 5.74) is 2.92. The van der Waals surface area contributed by atoms with Gasteiger partial charge in [0.1, 0.15) is 0 Å². The SMILES string of the molecule is Cc1ccc(S(=O)(=O)NNC(=O)Cc2cccc3ccccc23)cc1[N+](=O)[O-]. The number of nitro benzene ring substituents is 1. The van der Waals surface area contributed by atoms with Crippen LogP contribution < -0.4 is 10.3 Å². The van der Waals surface area contributed by atoms with E-state index in [1.54, 1.807) is 6.07 Å². The molecule has 3 rings (SSSR count). The van der Waals surface area contributed by atoms with E-state index in [2.05, 4.69) is 5.43 Å². The normalized spacial score (nSPS) is 11.3. The van der Waals surface area contributed by atoms with E-state index in [0.717, 1.165) is 22.4 Å². The topological polar surface area (TPSA) is 118 Å². The van der Waals surface area contributed by atoms with Crippen LogP contribution in [0.2, 0.25) is 0 Å². The first kappa shape index (κ1) is 19.5. The van der Waals surface area contributed by atoms with Gasteiger partial charge in [-0.05, 0) is 29.3 Å². The molecule has 0 unspecified atom stereocenters.